The molecule has 0 aliphatic heterocycles. The SMILES string of the molecule is CCOC(=O)C(Cl)C(C)=O.CCOC(=O)C(Oc1ccccc1)C(C)=O.[F-].[Na+].[O-]c1ccccc1. The third kappa shape index (κ3) is 17.6. The van der Waals surface area contributed by atoms with E-state index in [9.17, 15) is 24.3 Å². The van der Waals surface area contributed by atoms with Gasteiger partial charge in [-0.15, -0.1) is 17.4 Å². The van der Waals surface area contributed by atoms with Gasteiger partial charge in [-0.3, -0.25) is 9.59 Å². The molecule has 2 atom stereocenters. The molecule has 0 N–H and O–H groups in total. The van der Waals surface area contributed by atoms with E-state index in [1.165, 1.54) is 26.0 Å². The molecule has 2 rings (SSSR count). The zero-order chi connectivity index (χ0) is 25.2. The molecule has 188 valence electrons. The first-order valence-corrected chi connectivity index (χ1v) is 10.5. The molecule has 11 heteroatoms. The molecule has 0 aromatic heterocycles. The summed E-state index contributed by atoms with van der Waals surface area (Å²) in [5, 5.41) is 9.13. The largest absolute Gasteiger partial charge is 1.00 e. The Hall–Kier alpha value is -2.46. The number of rotatable bonds is 8. The van der Waals surface area contributed by atoms with Crippen molar-refractivity contribution in [2.45, 2.75) is 39.2 Å². The van der Waals surface area contributed by atoms with Crippen LogP contribution in [-0.2, 0) is 28.7 Å². The number of hydrogen-bond donors (Lipinski definition) is 0. The Morgan fingerprint density at radius 2 is 1.23 bits per heavy atom. The summed E-state index contributed by atoms with van der Waals surface area (Å²) in [6.07, 6.45) is -1.18. The molecule has 2 aromatic carbocycles. The van der Waals surface area contributed by atoms with Gasteiger partial charge in [-0.05, 0) is 39.8 Å². The standard InChI is InChI=1S/C12H14O4.C6H9ClO3.C6H6O.FH.Na/c1-3-15-12(14)11(9(2)13)16-10-7-5-4-6-8-10;1-3-10-6(9)5(7)4(2)8;7-6-4-2-1-3-5-6;;/h4-8,11H,3H2,1-2H3;5H,3H2,1-2H3;1-5,7H;1H;/q;;;;+1/p-2. The normalized spacial score (nSPS) is 10.5. The second kappa shape index (κ2) is 22.0. The van der Waals surface area contributed by atoms with Crippen LogP contribution in [0.3, 0.4) is 0 Å². The van der Waals surface area contributed by atoms with Crippen molar-refractivity contribution in [3.8, 4) is 11.5 Å². The van der Waals surface area contributed by atoms with E-state index in [2.05, 4.69) is 4.74 Å². The predicted octanol–water partition coefficient (Wildman–Crippen LogP) is -2.90. The maximum atomic E-state index is 11.4. The van der Waals surface area contributed by atoms with E-state index in [1.807, 2.05) is 12.1 Å². The number of esters is 2. The van der Waals surface area contributed by atoms with Crippen LogP contribution in [0.5, 0.6) is 11.5 Å². The van der Waals surface area contributed by atoms with Crippen molar-refractivity contribution in [2.24, 2.45) is 0 Å². The van der Waals surface area contributed by atoms with Crippen molar-refractivity contribution in [1.82, 2.24) is 0 Å². The summed E-state index contributed by atoms with van der Waals surface area (Å²) in [6.45, 7) is 6.34. The third-order valence-electron chi connectivity index (χ3n) is 3.46. The van der Waals surface area contributed by atoms with Gasteiger partial charge < -0.3 is 24.0 Å². The summed E-state index contributed by atoms with van der Waals surface area (Å²) in [5.41, 5.74) is 0. The maximum absolute atomic E-state index is 11.4. The Bertz CT molecular complexity index is 868. The summed E-state index contributed by atoms with van der Waals surface area (Å²) >= 11 is 5.32. The van der Waals surface area contributed by atoms with E-state index in [4.69, 9.17) is 21.1 Å². The topological polar surface area (TPSA) is 119 Å². The fourth-order valence-electron chi connectivity index (χ4n) is 1.95. The van der Waals surface area contributed by atoms with Crippen LogP contribution in [0.2, 0.25) is 0 Å². The Morgan fingerprint density at radius 3 is 1.57 bits per heavy atom. The van der Waals surface area contributed by atoms with E-state index >= 15 is 0 Å². The molecule has 0 heterocycles. The summed E-state index contributed by atoms with van der Waals surface area (Å²) < 4.78 is 14.5. The van der Waals surface area contributed by atoms with Crippen molar-refractivity contribution >= 4 is 35.1 Å². The smallest absolute Gasteiger partial charge is 1.00 e. The van der Waals surface area contributed by atoms with Gasteiger partial charge in [0, 0.05) is 0 Å². The minimum atomic E-state index is -1.18. The first kappa shape index (κ1) is 37.1. The molecule has 2 aromatic rings. The van der Waals surface area contributed by atoms with Gasteiger partial charge in [0.2, 0.25) is 0 Å². The number of ketones is 2. The van der Waals surface area contributed by atoms with E-state index in [0.29, 0.717) is 5.75 Å². The predicted molar refractivity (Wildman–Crippen MR) is 121 cm³/mol. The number of para-hydroxylation sites is 2. The summed E-state index contributed by atoms with van der Waals surface area (Å²) in [5.74, 6) is -1.55. The van der Waals surface area contributed by atoms with E-state index < -0.39 is 23.4 Å². The van der Waals surface area contributed by atoms with Gasteiger partial charge in [0.15, 0.2) is 16.9 Å². The van der Waals surface area contributed by atoms with Gasteiger partial charge in [0.05, 0.1) is 13.2 Å². The molecule has 0 amide bonds. The zero-order valence-electron chi connectivity index (χ0n) is 20.4. The summed E-state index contributed by atoms with van der Waals surface area (Å²) in [6, 6.07) is 17.0. The maximum Gasteiger partial charge on any atom is 1.00 e. The molecule has 35 heavy (non-hydrogen) atoms. The molecule has 2 unspecified atom stereocenters. The molecule has 0 aliphatic carbocycles. The second-order valence-corrected chi connectivity index (χ2v) is 6.65. The van der Waals surface area contributed by atoms with Crippen LogP contribution in [0.1, 0.15) is 27.7 Å². The molecule has 0 radical (unpaired) electrons. The molecule has 0 saturated carbocycles. The summed E-state index contributed by atoms with van der Waals surface area (Å²) in [4.78, 5) is 43.7. The van der Waals surface area contributed by atoms with Crippen molar-refractivity contribution in [1.29, 1.82) is 0 Å². The third-order valence-corrected chi connectivity index (χ3v) is 3.95. The molecule has 0 bridgehead atoms. The van der Waals surface area contributed by atoms with Crippen LogP contribution in [0.25, 0.3) is 0 Å². The van der Waals surface area contributed by atoms with E-state index in [-0.39, 0.29) is 64.8 Å². The average molecular weight is 522 g/mol. The first-order chi connectivity index (χ1) is 15.6. The van der Waals surface area contributed by atoms with E-state index in [0.717, 1.165) is 0 Å². The van der Waals surface area contributed by atoms with Crippen LogP contribution in [0.4, 0.5) is 0 Å². The van der Waals surface area contributed by atoms with Gasteiger partial charge in [0.25, 0.3) is 6.10 Å². The molecule has 0 fully saturated rings. The summed E-state index contributed by atoms with van der Waals surface area (Å²) in [7, 11) is 0. The number of Topliss-reactive ketones (excluding diaryl/α,β-unsaturated/α-hetero) is 2. The van der Waals surface area contributed by atoms with Crippen molar-refractivity contribution in [2.75, 3.05) is 13.2 Å². The van der Waals surface area contributed by atoms with Gasteiger partial charge in [-0.2, -0.15) is 0 Å². The number of carbonyl (C=O) groups excluding carboxylic acids is 4. The molecule has 0 saturated heterocycles. The Balaban J connectivity index is -0.000000465. The number of carbonyl (C=O) groups is 4. The van der Waals surface area contributed by atoms with Crippen molar-refractivity contribution in [3.63, 3.8) is 0 Å². The fourth-order valence-corrected chi connectivity index (χ4v) is 2.02. The average Bonchev–Trinajstić information content (AvgIpc) is 2.79. The van der Waals surface area contributed by atoms with Gasteiger partial charge in [-0.25, -0.2) is 9.59 Å². The van der Waals surface area contributed by atoms with Crippen LogP contribution >= 0.6 is 11.6 Å². The van der Waals surface area contributed by atoms with Gasteiger partial charge in [0.1, 0.15) is 5.75 Å². The van der Waals surface area contributed by atoms with Gasteiger partial charge in [-0.1, -0.05) is 48.5 Å². The van der Waals surface area contributed by atoms with E-state index in [1.54, 1.807) is 50.2 Å². The van der Waals surface area contributed by atoms with Crippen LogP contribution < -0.4 is 44.1 Å². The van der Waals surface area contributed by atoms with Crippen LogP contribution in [0, 0.1) is 0 Å². The molecule has 0 aliphatic rings. The zero-order valence-corrected chi connectivity index (χ0v) is 23.1. The number of ether oxygens (including phenoxy) is 3. The quantitative estimate of drug-likeness (QED) is 0.157. The molecule has 8 nitrogen and oxygen atoms in total. The Morgan fingerprint density at radius 1 is 0.800 bits per heavy atom. The minimum absolute atomic E-state index is 0. The molecular formula is C24H28ClFNaO8-. The Kier molecular flexibility index (Phi) is 23.4. The van der Waals surface area contributed by atoms with Crippen molar-refractivity contribution < 1.29 is 72.8 Å². The molecular weight excluding hydrogens is 494 g/mol. The van der Waals surface area contributed by atoms with Crippen LogP contribution in [0.15, 0.2) is 60.7 Å². The monoisotopic (exact) mass is 521 g/mol. The minimum Gasteiger partial charge on any atom is -1.00 e. The van der Waals surface area contributed by atoms with Crippen LogP contribution in [-0.4, -0.2) is 48.2 Å². The van der Waals surface area contributed by atoms with Crippen molar-refractivity contribution in [3.05, 3.63) is 60.7 Å². The fraction of sp³-hybridized carbons (Fsp3) is 0.333. The number of benzene rings is 2. The number of hydrogen-bond acceptors (Lipinski definition) is 8. The Labute approximate surface area is 231 Å². The first-order valence-electron chi connectivity index (χ1n) is 10.1. The number of halogens is 2. The number of alkyl halides is 1. The molecule has 0 spiro atoms. The second-order valence-electron chi connectivity index (χ2n) is 6.21. The van der Waals surface area contributed by atoms with Gasteiger partial charge >= 0.3 is 41.5 Å².